The number of hydrogen-bond acceptors (Lipinski definition) is 4. The average Bonchev–Trinajstić information content (AvgIpc) is 3.39. The number of anilines is 1. The van der Waals surface area contributed by atoms with Gasteiger partial charge < -0.3 is 15.5 Å². The number of carbonyl (C=O) groups is 2. The van der Waals surface area contributed by atoms with Crippen LogP contribution in [0.3, 0.4) is 0 Å². The first kappa shape index (κ1) is 18.8. The summed E-state index contributed by atoms with van der Waals surface area (Å²) in [7, 11) is -3.17. The Balaban J connectivity index is 1.55. The second kappa shape index (κ2) is 7.73. The van der Waals surface area contributed by atoms with Crippen molar-refractivity contribution in [3.05, 3.63) is 29.8 Å². The Morgan fingerprint density at radius 1 is 1.19 bits per heavy atom. The molecule has 142 valence electrons. The minimum absolute atomic E-state index is 0.169. The molecular formula is C17H25N4O4S+. The van der Waals surface area contributed by atoms with Crippen molar-refractivity contribution < 1.29 is 22.9 Å². The van der Waals surface area contributed by atoms with E-state index in [2.05, 4.69) is 10.6 Å². The van der Waals surface area contributed by atoms with Gasteiger partial charge in [0.1, 0.15) is 0 Å². The number of quaternary nitrogens is 1. The number of rotatable bonds is 6. The zero-order chi connectivity index (χ0) is 18.7. The van der Waals surface area contributed by atoms with Gasteiger partial charge in [-0.15, -0.1) is 0 Å². The van der Waals surface area contributed by atoms with Crippen molar-refractivity contribution in [3.8, 4) is 0 Å². The molecule has 1 aliphatic carbocycles. The average molecular weight is 381 g/mol. The molecule has 1 saturated carbocycles. The van der Waals surface area contributed by atoms with Gasteiger partial charge in [0.15, 0.2) is 6.54 Å². The highest BCUT2D eigenvalue weighted by atomic mass is 32.2. The number of piperazine rings is 1. The molecule has 1 aromatic rings. The molecule has 0 bridgehead atoms. The molecular weight excluding hydrogens is 356 g/mol. The van der Waals surface area contributed by atoms with E-state index in [0.717, 1.165) is 17.7 Å². The quantitative estimate of drug-likeness (QED) is 0.569. The molecule has 2 fully saturated rings. The summed E-state index contributed by atoms with van der Waals surface area (Å²) in [5, 5.41) is 5.75. The van der Waals surface area contributed by atoms with Gasteiger partial charge in [-0.05, 0) is 25.0 Å². The third kappa shape index (κ3) is 5.03. The molecule has 1 aliphatic heterocycles. The van der Waals surface area contributed by atoms with Crippen molar-refractivity contribution in [3.63, 3.8) is 0 Å². The van der Waals surface area contributed by atoms with E-state index in [1.807, 2.05) is 0 Å². The molecule has 0 aromatic heterocycles. The van der Waals surface area contributed by atoms with Crippen molar-refractivity contribution in [2.24, 2.45) is 0 Å². The molecule has 0 radical (unpaired) electrons. The van der Waals surface area contributed by atoms with Crippen LogP contribution in [0.4, 0.5) is 5.69 Å². The highest BCUT2D eigenvalue weighted by molar-refractivity contribution is 7.88. The van der Waals surface area contributed by atoms with Crippen LogP contribution in [0.25, 0.3) is 0 Å². The molecule has 0 unspecified atom stereocenters. The molecule has 3 rings (SSSR count). The summed E-state index contributed by atoms with van der Waals surface area (Å²) in [4.78, 5) is 25.7. The van der Waals surface area contributed by atoms with Gasteiger partial charge in [-0.1, -0.05) is 12.1 Å². The van der Waals surface area contributed by atoms with Gasteiger partial charge in [-0.3, -0.25) is 9.59 Å². The van der Waals surface area contributed by atoms with Gasteiger partial charge >= 0.3 is 0 Å². The lowest BCUT2D eigenvalue weighted by Crippen LogP contribution is -3.15. The fourth-order valence-electron chi connectivity index (χ4n) is 3.01. The zero-order valence-electron chi connectivity index (χ0n) is 14.8. The maximum atomic E-state index is 12.4. The van der Waals surface area contributed by atoms with E-state index < -0.39 is 10.0 Å². The minimum atomic E-state index is -3.17. The standard InChI is InChI=1S/C17H24N4O4S/c1-26(24,25)21-10-8-20(9-11-21)12-16(22)19-15-5-3-2-4-14(15)17(23)18-13-6-7-13/h2-5,13H,6-12H2,1H3,(H,18,23)(H,19,22)/p+1. The van der Waals surface area contributed by atoms with Crippen molar-refractivity contribution in [1.82, 2.24) is 9.62 Å². The number of benzene rings is 1. The first-order valence-electron chi connectivity index (χ1n) is 8.81. The summed E-state index contributed by atoms with van der Waals surface area (Å²) < 4.78 is 24.5. The number of hydrogen-bond donors (Lipinski definition) is 3. The van der Waals surface area contributed by atoms with E-state index in [4.69, 9.17) is 0 Å². The lowest BCUT2D eigenvalue weighted by atomic mass is 10.1. The first-order chi connectivity index (χ1) is 12.3. The number of carbonyl (C=O) groups excluding carboxylic acids is 2. The minimum Gasteiger partial charge on any atom is -0.349 e. The van der Waals surface area contributed by atoms with Crippen LogP contribution in [0.5, 0.6) is 0 Å². The smallest absolute Gasteiger partial charge is 0.279 e. The van der Waals surface area contributed by atoms with Crippen LogP contribution in [0.1, 0.15) is 23.2 Å². The molecule has 2 aliphatic rings. The van der Waals surface area contributed by atoms with Crippen molar-refractivity contribution in [2.75, 3.05) is 44.3 Å². The maximum Gasteiger partial charge on any atom is 0.279 e. The molecule has 1 aromatic carbocycles. The zero-order valence-corrected chi connectivity index (χ0v) is 15.6. The topological polar surface area (TPSA) is 100 Å². The van der Waals surface area contributed by atoms with Crippen LogP contribution in [0.2, 0.25) is 0 Å². The SMILES string of the molecule is CS(=O)(=O)N1CC[NH+](CC(=O)Nc2ccccc2C(=O)NC2CC2)CC1. The van der Waals surface area contributed by atoms with Gasteiger partial charge in [0, 0.05) is 6.04 Å². The predicted molar refractivity (Wildman–Crippen MR) is 97.5 cm³/mol. The van der Waals surface area contributed by atoms with Crippen LogP contribution in [-0.2, 0) is 14.8 Å². The van der Waals surface area contributed by atoms with E-state index in [1.54, 1.807) is 24.3 Å². The van der Waals surface area contributed by atoms with Gasteiger partial charge in [0.25, 0.3) is 11.8 Å². The Kier molecular flexibility index (Phi) is 5.59. The van der Waals surface area contributed by atoms with Gasteiger partial charge in [-0.25, -0.2) is 8.42 Å². The molecule has 3 N–H and O–H groups in total. The number of sulfonamides is 1. The maximum absolute atomic E-state index is 12.4. The van der Waals surface area contributed by atoms with Crippen LogP contribution < -0.4 is 15.5 Å². The molecule has 0 atom stereocenters. The van der Waals surface area contributed by atoms with E-state index in [-0.39, 0.29) is 24.4 Å². The van der Waals surface area contributed by atoms with E-state index >= 15 is 0 Å². The molecule has 2 amide bonds. The van der Waals surface area contributed by atoms with E-state index in [0.29, 0.717) is 37.4 Å². The highest BCUT2D eigenvalue weighted by Gasteiger charge is 2.28. The van der Waals surface area contributed by atoms with Gasteiger partial charge in [0.2, 0.25) is 10.0 Å². The Bertz CT molecular complexity index is 784. The van der Waals surface area contributed by atoms with Crippen LogP contribution in [0.15, 0.2) is 24.3 Å². The summed E-state index contributed by atoms with van der Waals surface area (Å²) in [6.45, 7) is 2.26. The molecule has 26 heavy (non-hydrogen) atoms. The van der Waals surface area contributed by atoms with Crippen molar-refractivity contribution >= 4 is 27.5 Å². The molecule has 1 saturated heterocycles. The van der Waals surface area contributed by atoms with Crippen LogP contribution in [0, 0.1) is 0 Å². The largest absolute Gasteiger partial charge is 0.349 e. The number of nitrogens with one attached hydrogen (secondary N) is 3. The molecule has 0 spiro atoms. The highest BCUT2D eigenvalue weighted by Crippen LogP contribution is 2.21. The lowest BCUT2D eigenvalue weighted by molar-refractivity contribution is -0.895. The van der Waals surface area contributed by atoms with Gasteiger partial charge in [0.05, 0.1) is 43.7 Å². The summed E-state index contributed by atoms with van der Waals surface area (Å²) in [6, 6.07) is 7.22. The molecule has 9 heteroatoms. The fourth-order valence-corrected chi connectivity index (χ4v) is 3.86. The monoisotopic (exact) mass is 381 g/mol. The number of amides is 2. The summed E-state index contributed by atoms with van der Waals surface area (Å²) in [6.07, 6.45) is 3.21. The molecule has 8 nitrogen and oxygen atoms in total. The summed E-state index contributed by atoms with van der Waals surface area (Å²) in [5.41, 5.74) is 0.967. The Labute approximate surface area is 153 Å². The number of nitrogens with zero attached hydrogens (tertiary/aromatic N) is 1. The number of para-hydroxylation sites is 1. The van der Waals surface area contributed by atoms with Crippen molar-refractivity contribution in [2.45, 2.75) is 18.9 Å². The Morgan fingerprint density at radius 3 is 2.46 bits per heavy atom. The third-order valence-electron chi connectivity index (χ3n) is 4.67. The summed E-state index contributed by atoms with van der Waals surface area (Å²) in [5.74, 6) is -0.350. The second-order valence-corrected chi connectivity index (χ2v) is 8.91. The lowest BCUT2D eigenvalue weighted by Gasteiger charge is -2.30. The summed E-state index contributed by atoms with van der Waals surface area (Å²) >= 11 is 0. The third-order valence-corrected chi connectivity index (χ3v) is 5.97. The normalized spacial score (nSPS) is 19.1. The first-order valence-corrected chi connectivity index (χ1v) is 10.7. The van der Waals surface area contributed by atoms with Crippen LogP contribution in [-0.4, -0.2) is 69.6 Å². The van der Waals surface area contributed by atoms with E-state index in [1.165, 1.54) is 10.6 Å². The van der Waals surface area contributed by atoms with E-state index in [9.17, 15) is 18.0 Å². The Morgan fingerprint density at radius 2 is 1.85 bits per heavy atom. The van der Waals surface area contributed by atoms with Crippen molar-refractivity contribution in [1.29, 1.82) is 0 Å². The molecule has 1 heterocycles. The predicted octanol–water partition coefficient (Wildman–Crippen LogP) is -1.32. The Hall–Kier alpha value is -1.97. The van der Waals surface area contributed by atoms with Crippen LogP contribution >= 0.6 is 0 Å². The second-order valence-electron chi connectivity index (χ2n) is 6.93. The van der Waals surface area contributed by atoms with Gasteiger partial charge in [-0.2, -0.15) is 4.31 Å². The fraction of sp³-hybridized carbons (Fsp3) is 0.529.